The van der Waals surface area contributed by atoms with Crippen LogP contribution in [0.3, 0.4) is 0 Å². The molecule has 1 fully saturated rings. The van der Waals surface area contributed by atoms with Gasteiger partial charge in [-0.15, -0.1) is 11.3 Å². The number of hydrogen-bond donors (Lipinski definition) is 1. The molecule has 3 heterocycles. The number of carbonyl (C=O) groups is 2. The standard InChI is InChI=1S/C28H23NO5S/c1-18-15-20(11-12-22(18)34-17-19-7-3-2-4-8-19)26(30)24-25(23-10-6-14-35-23)29(28(32)27(24)31)16-21-9-5-13-33-21/h2-15,25,30H,16-17H2,1H3/b26-24-. The van der Waals surface area contributed by atoms with Crippen LogP contribution in [0.25, 0.3) is 5.76 Å². The van der Waals surface area contributed by atoms with Gasteiger partial charge in [-0.25, -0.2) is 0 Å². The van der Waals surface area contributed by atoms with Crippen molar-refractivity contribution in [1.29, 1.82) is 0 Å². The Kier molecular flexibility index (Phi) is 6.25. The fourth-order valence-electron chi connectivity index (χ4n) is 4.21. The highest BCUT2D eigenvalue weighted by Crippen LogP contribution is 2.42. The van der Waals surface area contributed by atoms with E-state index in [1.54, 1.807) is 30.3 Å². The van der Waals surface area contributed by atoms with Crippen LogP contribution in [0.2, 0.25) is 0 Å². The van der Waals surface area contributed by atoms with E-state index in [2.05, 4.69) is 0 Å². The first kappa shape index (κ1) is 22.7. The van der Waals surface area contributed by atoms with E-state index in [-0.39, 0.29) is 17.9 Å². The second kappa shape index (κ2) is 9.64. The van der Waals surface area contributed by atoms with Crippen molar-refractivity contribution >= 4 is 28.8 Å². The molecule has 0 aliphatic carbocycles. The maximum absolute atomic E-state index is 13.1. The quantitative estimate of drug-likeness (QED) is 0.202. The van der Waals surface area contributed by atoms with Gasteiger partial charge in [-0.1, -0.05) is 36.4 Å². The Bertz CT molecular complexity index is 1370. The van der Waals surface area contributed by atoms with Crippen molar-refractivity contribution < 1.29 is 23.8 Å². The van der Waals surface area contributed by atoms with Gasteiger partial charge >= 0.3 is 0 Å². The van der Waals surface area contributed by atoms with Gasteiger partial charge in [-0.3, -0.25) is 9.59 Å². The van der Waals surface area contributed by atoms with Crippen molar-refractivity contribution in [3.63, 3.8) is 0 Å². The number of amides is 1. The normalized spacial score (nSPS) is 17.2. The molecule has 0 saturated carbocycles. The molecule has 0 spiro atoms. The number of rotatable bonds is 7. The highest BCUT2D eigenvalue weighted by Gasteiger charge is 2.46. The number of carbonyl (C=O) groups excluding carboxylic acids is 2. The molecule has 2 aromatic heterocycles. The molecule has 1 N–H and O–H groups in total. The van der Waals surface area contributed by atoms with Crippen molar-refractivity contribution in [3.05, 3.63) is 117 Å². The molecule has 2 aromatic carbocycles. The minimum Gasteiger partial charge on any atom is -0.507 e. The Hall–Kier alpha value is -4.10. The Morgan fingerprint density at radius 1 is 1.06 bits per heavy atom. The number of ether oxygens (including phenoxy) is 1. The molecule has 1 saturated heterocycles. The molecular formula is C28H23NO5S. The Morgan fingerprint density at radius 2 is 1.89 bits per heavy atom. The number of aryl methyl sites for hydroxylation is 1. The Labute approximate surface area is 206 Å². The summed E-state index contributed by atoms with van der Waals surface area (Å²) in [5.74, 6) is -0.348. The number of ketones is 1. The van der Waals surface area contributed by atoms with Crippen LogP contribution in [-0.4, -0.2) is 21.7 Å². The lowest BCUT2D eigenvalue weighted by Crippen LogP contribution is -2.28. The van der Waals surface area contributed by atoms with Crippen molar-refractivity contribution in [2.75, 3.05) is 0 Å². The third-order valence-electron chi connectivity index (χ3n) is 5.94. The maximum Gasteiger partial charge on any atom is 0.296 e. The first-order valence-electron chi connectivity index (χ1n) is 11.1. The summed E-state index contributed by atoms with van der Waals surface area (Å²) in [6, 6.07) is 21.6. The predicted octanol–water partition coefficient (Wildman–Crippen LogP) is 5.85. The molecule has 1 aliphatic rings. The van der Waals surface area contributed by atoms with E-state index in [4.69, 9.17) is 9.15 Å². The van der Waals surface area contributed by atoms with E-state index >= 15 is 0 Å². The van der Waals surface area contributed by atoms with Crippen LogP contribution in [0.4, 0.5) is 0 Å². The number of aliphatic hydroxyl groups excluding tert-OH is 1. The van der Waals surface area contributed by atoms with Crippen molar-refractivity contribution in [3.8, 4) is 5.75 Å². The topological polar surface area (TPSA) is 80.0 Å². The molecule has 5 rings (SSSR count). The molecule has 6 nitrogen and oxygen atoms in total. The number of nitrogens with zero attached hydrogens (tertiary/aromatic N) is 1. The molecular weight excluding hydrogens is 462 g/mol. The van der Waals surface area contributed by atoms with Gasteiger partial charge in [0.25, 0.3) is 11.7 Å². The second-order valence-electron chi connectivity index (χ2n) is 8.28. The number of thiophene rings is 1. The van der Waals surface area contributed by atoms with E-state index in [0.717, 1.165) is 16.0 Å². The van der Waals surface area contributed by atoms with Crippen LogP contribution >= 0.6 is 11.3 Å². The average molecular weight is 486 g/mol. The van der Waals surface area contributed by atoms with Gasteiger partial charge in [0, 0.05) is 10.4 Å². The molecule has 0 radical (unpaired) electrons. The summed E-state index contributed by atoms with van der Waals surface area (Å²) in [5, 5.41) is 13.1. The zero-order chi connectivity index (χ0) is 24.4. The number of benzene rings is 2. The predicted molar refractivity (Wildman–Crippen MR) is 133 cm³/mol. The molecule has 1 aliphatic heterocycles. The van der Waals surface area contributed by atoms with Gasteiger partial charge in [0.1, 0.15) is 29.9 Å². The van der Waals surface area contributed by atoms with Crippen molar-refractivity contribution in [1.82, 2.24) is 4.90 Å². The van der Waals surface area contributed by atoms with Crippen LogP contribution in [0.5, 0.6) is 5.75 Å². The zero-order valence-electron chi connectivity index (χ0n) is 19.0. The van der Waals surface area contributed by atoms with Crippen LogP contribution in [0, 0.1) is 6.92 Å². The van der Waals surface area contributed by atoms with E-state index in [9.17, 15) is 14.7 Å². The second-order valence-corrected chi connectivity index (χ2v) is 9.26. The smallest absolute Gasteiger partial charge is 0.296 e. The molecule has 0 bridgehead atoms. The first-order chi connectivity index (χ1) is 17.0. The summed E-state index contributed by atoms with van der Waals surface area (Å²) in [7, 11) is 0. The minimum absolute atomic E-state index is 0.0707. The number of likely N-dealkylation sites (tertiary alicyclic amines) is 1. The van der Waals surface area contributed by atoms with Crippen molar-refractivity contribution in [2.45, 2.75) is 26.1 Å². The van der Waals surface area contributed by atoms with Gasteiger partial charge in [0.15, 0.2) is 0 Å². The third kappa shape index (κ3) is 4.50. The molecule has 1 unspecified atom stereocenters. The van der Waals surface area contributed by atoms with Gasteiger partial charge in [0.2, 0.25) is 0 Å². The molecule has 4 aromatic rings. The SMILES string of the molecule is Cc1cc(/C(O)=C2/C(=O)C(=O)N(Cc3ccco3)C2c2cccs2)ccc1OCc1ccccc1. The fourth-order valence-corrected chi connectivity index (χ4v) is 5.05. The largest absolute Gasteiger partial charge is 0.507 e. The summed E-state index contributed by atoms with van der Waals surface area (Å²) in [6.45, 7) is 2.43. The molecule has 7 heteroatoms. The summed E-state index contributed by atoms with van der Waals surface area (Å²) in [4.78, 5) is 28.4. The highest BCUT2D eigenvalue weighted by molar-refractivity contribution is 7.10. The van der Waals surface area contributed by atoms with Crippen LogP contribution < -0.4 is 4.74 Å². The monoisotopic (exact) mass is 485 g/mol. The maximum atomic E-state index is 13.1. The molecule has 35 heavy (non-hydrogen) atoms. The Morgan fingerprint density at radius 3 is 2.57 bits per heavy atom. The van der Waals surface area contributed by atoms with Gasteiger partial charge in [-0.2, -0.15) is 0 Å². The zero-order valence-corrected chi connectivity index (χ0v) is 19.8. The van der Waals surface area contributed by atoms with Gasteiger partial charge in [0.05, 0.1) is 18.4 Å². The van der Waals surface area contributed by atoms with Crippen LogP contribution in [0.1, 0.15) is 33.4 Å². The van der Waals surface area contributed by atoms with E-state index in [1.807, 2.05) is 54.8 Å². The van der Waals surface area contributed by atoms with E-state index in [1.165, 1.54) is 22.5 Å². The summed E-state index contributed by atoms with van der Waals surface area (Å²) >= 11 is 1.43. The number of hydrogen-bond acceptors (Lipinski definition) is 6. The van der Waals surface area contributed by atoms with E-state index < -0.39 is 17.7 Å². The number of aliphatic hydroxyl groups is 1. The van der Waals surface area contributed by atoms with Crippen molar-refractivity contribution in [2.24, 2.45) is 0 Å². The molecule has 1 amide bonds. The summed E-state index contributed by atoms with van der Waals surface area (Å²) in [6.07, 6.45) is 1.52. The lowest BCUT2D eigenvalue weighted by Gasteiger charge is -2.23. The highest BCUT2D eigenvalue weighted by atomic mass is 32.1. The first-order valence-corrected chi connectivity index (χ1v) is 12.0. The fraction of sp³-hybridized carbons (Fsp3) is 0.143. The van der Waals surface area contributed by atoms with Crippen LogP contribution in [0.15, 0.2) is 94.4 Å². The lowest BCUT2D eigenvalue weighted by molar-refractivity contribution is -0.140. The number of Topliss-reactive ketones (excluding diaryl/α,β-unsaturated/α-hetero) is 1. The molecule has 1 atom stereocenters. The number of furan rings is 1. The van der Waals surface area contributed by atoms with E-state index in [0.29, 0.717) is 23.7 Å². The average Bonchev–Trinajstić information content (AvgIpc) is 3.63. The van der Waals surface area contributed by atoms with Crippen LogP contribution in [-0.2, 0) is 22.7 Å². The molecule has 176 valence electrons. The lowest BCUT2D eigenvalue weighted by atomic mass is 9.98. The van der Waals surface area contributed by atoms with Gasteiger partial charge < -0.3 is 19.2 Å². The van der Waals surface area contributed by atoms with Gasteiger partial charge in [-0.05, 0) is 59.8 Å². The minimum atomic E-state index is -0.713. The summed E-state index contributed by atoms with van der Waals surface area (Å²) < 4.78 is 11.4. The third-order valence-corrected chi connectivity index (χ3v) is 6.87. The summed E-state index contributed by atoms with van der Waals surface area (Å²) in [5.41, 5.74) is 2.38. The Balaban J connectivity index is 1.48.